The lowest BCUT2D eigenvalue weighted by atomic mass is 10.4. The van der Waals surface area contributed by atoms with Crippen molar-refractivity contribution < 1.29 is 14.8 Å². The van der Waals surface area contributed by atoms with E-state index in [0.29, 0.717) is 5.75 Å². The number of rotatable bonds is 6. The van der Waals surface area contributed by atoms with Crippen LogP contribution in [0.5, 0.6) is 0 Å². The summed E-state index contributed by atoms with van der Waals surface area (Å²) in [6, 6.07) is -0.929. The van der Waals surface area contributed by atoms with Gasteiger partial charge in [0.1, 0.15) is 6.04 Å². The van der Waals surface area contributed by atoms with Gasteiger partial charge in [0.15, 0.2) is 0 Å². The highest BCUT2D eigenvalue weighted by Gasteiger charge is 2.11. The third kappa shape index (κ3) is 5.93. The molecule has 0 aromatic rings. The van der Waals surface area contributed by atoms with E-state index >= 15 is 0 Å². The predicted molar refractivity (Wildman–Crippen MR) is 44.8 cm³/mol. The molecule has 6 nitrogen and oxygen atoms in total. The summed E-state index contributed by atoms with van der Waals surface area (Å²) in [5, 5.41) is 18.1. The maximum absolute atomic E-state index is 10.2. The van der Waals surface area contributed by atoms with E-state index in [4.69, 9.17) is 10.8 Å². The molecule has 7 heteroatoms. The summed E-state index contributed by atoms with van der Waals surface area (Å²) >= 11 is 1.17. The fraction of sp³-hybridized carbons (Fsp3) is 0.800. The van der Waals surface area contributed by atoms with Crippen LogP contribution in [-0.4, -0.2) is 40.1 Å². The molecule has 0 radical (unpaired) electrons. The van der Waals surface area contributed by atoms with Crippen molar-refractivity contribution in [1.82, 2.24) is 0 Å². The second-order valence-electron chi connectivity index (χ2n) is 2.08. The quantitative estimate of drug-likeness (QED) is 0.332. The fourth-order valence-corrected chi connectivity index (χ4v) is 1.26. The van der Waals surface area contributed by atoms with E-state index in [1.807, 2.05) is 0 Å². The summed E-state index contributed by atoms with van der Waals surface area (Å²) < 4.78 is 0. The summed E-state index contributed by atoms with van der Waals surface area (Å²) in [5.41, 5.74) is 5.14. The minimum absolute atomic E-state index is 0.156. The van der Waals surface area contributed by atoms with Gasteiger partial charge in [-0.15, -0.1) is 0 Å². The highest BCUT2D eigenvalue weighted by molar-refractivity contribution is 7.99. The van der Waals surface area contributed by atoms with Crippen LogP contribution in [-0.2, 0) is 4.79 Å². The van der Waals surface area contributed by atoms with E-state index in [1.165, 1.54) is 11.8 Å². The molecule has 0 bridgehead atoms. The summed E-state index contributed by atoms with van der Waals surface area (Å²) in [4.78, 5) is 19.5. The van der Waals surface area contributed by atoms with Crippen LogP contribution < -0.4 is 5.73 Å². The van der Waals surface area contributed by atoms with E-state index in [9.17, 15) is 14.9 Å². The van der Waals surface area contributed by atoms with Gasteiger partial charge in [-0.05, 0) is 0 Å². The highest BCUT2D eigenvalue weighted by atomic mass is 32.2. The van der Waals surface area contributed by atoms with E-state index in [1.54, 1.807) is 0 Å². The van der Waals surface area contributed by atoms with Crippen molar-refractivity contribution in [3.8, 4) is 0 Å². The molecule has 0 saturated carbocycles. The smallest absolute Gasteiger partial charge is 0.321 e. The molecule has 1 atom stereocenters. The predicted octanol–water partition coefficient (Wildman–Crippen LogP) is -0.592. The molecule has 12 heavy (non-hydrogen) atoms. The van der Waals surface area contributed by atoms with Gasteiger partial charge in [0.05, 0.1) is 5.75 Å². The molecule has 70 valence electrons. The maximum atomic E-state index is 10.2. The van der Waals surface area contributed by atoms with Crippen molar-refractivity contribution in [2.75, 3.05) is 18.1 Å². The van der Waals surface area contributed by atoms with Gasteiger partial charge in [0.25, 0.3) is 0 Å². The Balaban J connectivity index is 3.31. The third-order valence-corrected chi connectivity index (χ3v) is 2.10. The fourth-order valence-electron chi connectivity index (χ4n) is 0.421. The number of nitro groups is 1. The zero-order valence-corrected chi connectivity index (χ0v) is 7.12. The van der Waals surface area contributed by atoms with Crippen LogP contribution in [0.4, 0.5) is 0 Å². The number of aliphatic carboxylic acids is 1. The lowest BCUT2D eigenvalue weighted by molar-refractivity contribution is -0.474. The molecule has 0 heterocycles. The van der Waals surface area contributed by atoms with E-state index in [2.05, 4.69) is 0 Å². The second kappa shape index (κ2) is 5.78. The molecule has 0 aromatic heterocycles. The summed E-state index contributed by atoms with van der Waals surface area (Å²) in [5.74, 6) is -0.569. The van der Waals surface area contributed by atoms with Gasteiger partial charge in [0.2, 0.25) is 6.54 Å². The van der Waals surface area contributed by atoms with Gasteiger partial charge in [0, 0.05) is 10.7 Å². The Hall–Kier alpha value is -0.820. The molecule has 1 unspecified atom stereocenters. The first-order valence-corrected chi connectivity index (χ1v) is 4.37. The van der Waals surface area contributed by atoms with Crippen LogP contribution in [0.1, 0.15) is 0 Å². The number of carbonyl (C=O) groups is 1. The Morgan fingerprint density at radius 3 is 2.75 bits per heavy atom. The zero-order valence-electron chi connectivity index (χ0n) is 6.30. The molecule has 0 spiro atoms. The molecule has 0 fully saturated rings. The largest absolute Gasteiger partial charge is 0.480 e. The van der Waals surface area contributed by atoms with Gasteiger partial charge in [-0.3, -0.25) is 14.9 Å². The Bertz CT molecular complexity index is 175. The van der Waals surface area contributed by atoms with Gasteiger partial charge in [-0.25, -0.2) is 0 Å². The number of nitrogens with two attached hydrogens (primary N) is 1. The zero-order chi connectivity index (χ0) is 9.56. The number of hydrogen-bond acceptors (Lipinski definition) is 5. The van der Waals surface area contributed by atoms with Crippen molar-refractivity contribution in [2.45, 2.75) is 6.04 Å². The molecular weight excluding hydrogens is 184 g/mol. The molecule has 0 saturated heterocycles. The summed E-state index contributed by atoms with van der Waals surface area (Å²) in [7, 11) is 0. The summed E-state index contributed by atoms with van der Waals surface area (Å²) in [6.45, 7) is -0.156. The Morgan fingerprint density at radius 1 is 1.75 bits per heavy atom. The monoisotopic (exact) mass is 194 g/mol. The lowest BCUT2D eigenvalue weighted by Crippen LogP contribution is -2.32. The van der Waals surface area contributed by atoms with E-state index in [0.717, 1.165) is 0 Å². The molecule has 0 aliphatic rings. The summed E-state index contributed by atoms with van der Waals surface area (Å²) in [6.07, 6.45) is 0. The van der Waals surface area contributed by atoms with Crippen molar-refractivity contribution >= 4 is 17.7 Å². The molecule has 0 amide bonds. The number of hydrogen-bond donors (Lipinski definition) is 2. The first-order chi connectivity index (χ1) is 5.54. The Morgan fingerprint density at radius 2 is 2.33 bits per heavy atom. The normalized spacial score (nSPS) is 12.4. The molecule has 3 N–H and O–H groups in total. The van der Waals surface area contributed by atoms with Crippen molar-refractivity contribution in [2.24, 2.45) is 5.73 Å². The number of carboxylic acids is 1. The van der Waals surface area contributed by atoms with Crippen molar-refractivity contribution in [3.05, 3.63) is 10.1 Å². The van der Waals surface area contributed by atoms with Gasteiger partial charge < -0.3 is 10.8 Å². The standard InChI is InChI=1S/C5H10N2O4S/c6-4(5(8)9)3-12-2-1-7(10)11/h4H,1-3,6H2,(H,8,9). The topological polar surface area (TPSA) is 106 Å². The van der Waals surface area contributed by atoms with Gasteiger partial charge in [-0.1, -0.05) is 0 Å². The molecule has 0 aromatic carbocycles. The Kier molecular flexibility index (Phi) is 5.39. The maximum Gasteiger partial charge on any atom is 0.321 e. The molecule has 0 aliphatic heterocycles. The minimum Gasteiger partial charge on any atom is -0.480 e. The van der Waals surface area contributed by atoms with Crippen LogP contribution in [0.15, 0.2) is 0 Å². The van der Waals surface area contributed by atoms with Crippen LogP contribution in [0.3, 0.4) is 0 Å². The molecule has 0 rings (SSSR count). The van der Waals surface area contributed by atoms with Crippen molar-refractivity contribution in [3.63, 3.8) is 0 Å². The van der Waals surface area contributed by atoms with Crippen LogP contribution in [0.2, 0.25) is 0 Å². The van der Waals surface area contributed by atoms with Crippen LogP contribution in [0, 0.1) is 10.1 Å². The Labute approximate surface area is 73.3 Å². The average Bonchev–Trinajstić information content (AvgIpc) is 1.97. The van der Waals surface area contributed by atoms with Gasteiger partial charge in [-0.2, -0.15) is 11.8 Å². The average molecular weight is 194 g/mol. The second-order valence-corrected chi connectivity index (χ2v) is 3.23. The number of nitrogens with zero attached hydrogens (tertiary/aromatic N) is 1. The number of thioether (sulfide) groups is 1. The highest BCUT2D eigenvalue weighted by Crippen LogP contribution is 2.00. The first kappa shape index (κ1) is 11.2. The third-order valence-electron chi connectivity index (χ3n) is 1.03. The molecule has 0 aliphatic carbocycles. The molecular formula is C5H10N2O4S. The van der Waals surface area contributed by atoms with E-state index in [-0.39, 0.29) is 12.3 Å². The minimum atomic E-state index is -1.08. The van der Waals surface area contributed by atoms with Gasteiger partial charge >= 0.3 is 5.97 Å². The lowest BCUT2D eigenvalue weighted by Gasteiger charge is -2.03. The van der Waals surface area contributed by atoms with Crippen molar-refractivity contribution in [1.29, 1.82) is 0 Å². The SMILES string of the molecule is NC(CSCC[N+](=O)[O-])C(=O)O. The first-order valence-electron chi connectivity index (χ1n) is 3.22. The van der Waals surface area contributed by atoms with E-state index < -0.39 is 16.9 Å². The van der Waals surface area contributed by atoms with Crippen LogP contribution in [0.25, 0.3) is 0 Å². The number of carboxylic acid groups (broad SMARTS) is 1. The van der Waals surface area contributed by atoms with Crippen LogP contribution >= 0.6 is 11.8 Å².